The van der Waals surface area contributed by atoms with Gasteiger partial charge in [-0.15, -0.1) is 11.3 Å². The lowest BCUT2D eigenvalue weighted by Gasteiger charge is -2.11. The molecule has 0 radical (unpaired) electrons. The molecule has 4 nitrogen and oxygen atoms in total. The second kappa shape index (κ2) is 10.8. The molecule has 0 bridgehead atoms. The van der Waals surface area contributed by atoms with Crippen LogP contribution in [0.15, 0.2) is 168 Å². The quantitative estimate of drug-likeness (QED) is 0.185. The van der Waals surface area contributed by atoms with Gasteiger partial charge in [-0.25, -0.2) is 9.97 Å². The van der Waals surface area contributed by atoms with Crippen LogP contribution in [0.2, 0.25) is 0 Å². The molecule has 0 saturated heterocycles. The first-order chi connectivity index (χ1) is 26.3. The van der Waals surface area contributed by atoms with Gasteiger partial charge in [-0.2, -0.15) is 0 Å². The summed E-state index contributed by atoms with van der Waals surface area (Å²) in [5.41, 5.74) is 9.04. The molecular weight excluding hydrogens is 667 g/mol. The van der Waals surface area contributed by atoms with Gasteiger partial charge in [-0.05, 0) is 52.6 Å². The minimum Gasteiger partial charge on any atom is -0.453 e. The number of hydrogen-bond acceptors (Lipinski definition) is 4. The minimum absolute atomic E-state index is 0.704. The maximum absolute atomic E-state index is 7.00. The standard InChI is InChI=1S/C48H27N3OS/c1-2-13-29-26-30(25-24-28(29)12-1)43-47-44(36-18-7-10-23-42(36)53-47)50-48(49-43)38-27-37-35-19-11-22-41(46(35)52-45(37)34-17-4-3-14-31(34)38)51-39-20-8-5-15-32(39)33-16-6-9-21-40(33)51/h1-27H. The molecule has 53 heavy (non-hydrogen) atoms. The van der Waals surface area contributed by atoms with E-state index in [0.717, 1.165) is 81.9 Å². The molecule has 0 unspecified atom stereocenters. The fourth-order valence-corrected chi connectivity index (χ4v) is 9.55. The Morgan fingerprint density at radius 2 is 1.11 bits per heavy atom. The van der Waals surface area contributed by atoms with Crippen molar-refractivity contribution in [1.82, 2.24) is 14.5 Å². The van der Waals surface area contributed by atoms with Crippen LogP contribution in [-0.2, 0) is 0 Å². The molecule has 0 aliphatic heterocycles. The van der Waals surface area contributed by atoms with Crippen LogP contribution in [0.25, 0.3) is 114 Å². The third kappa shape index (κ3) is 4.11. The van der Waals surface area contributed by atoms with Gasteiger partial charge in [0.2, 0.25) is 0 Å². The number of thiophene rings is 1. The van der Waals surface area contributed by atoms with Crippen molar-refractivity contribution in [3.8, 4) is 28.3 Å². The third-order valence-corrected chi connectivity index (χ3v) is 12.0. The molecule has 12 rings (SSSR count). The van der Waals surface area contributed by atoms with Gasteiger partial charge < -0.3 is 8.98 Å². The summed E-state index contributed by atoms with van der Waals surface area (Å²) in [7, 11) is 0. The van der Waals surface area contributed by atoms with E-state index in [1.165, 1.54) is 26.2 Å². The number of benzene rings is 8. The zero-order chi connectivity index (χ0) is 34.6. The lowest BCUT2D eigenvalue weighted by Crippen LogP contribution is -1.95. The monoisotopic (exact) mass is 693 g/mol. The van der Waals surface area contributed by atoms with E-state index in [1.54, 1.807) is 11.3 Å². The van der Waals surface area contributed by atoms with Crippen LogP contribution in [0.5, 0.6) is 0 Å². The molecule has 0 spiro atoms. The van der Waals surface area contributed by atoms with Crippen LogP contribution in [0.3, 0.4) is 0 Å². The smallest absolute Gasteiger partial charge is 0.161 e. The summed E-state index contributed by atoms with van der Waals surface area (Å²) >= 11 is 1.76. The number of aromatic nitrogens is 3. The predicted molar refractivity (Wildman–Crippen MR) is 222 cm³/mol. The fourth-order valence-electron chi connectivity index (χ4n) is 8.39. The maximum atomic E-state index is 7.00. The zero-order valence-electron chi connectivity index (χ0n) is 28.2. The first kappa shape index (κ1) is 28.8. The van der Waals surface area contributed by atoms with E-state index < -0.39 is 0 Å². The molecular formula is C48H27N3OS. The van der Waals surface area contributed by atoms with Crippen molar-refractivity contribution < 1.29 is 4.42 Å². The Labute approximate surface area is 306 Å². The minimum atomic E-state index is 0.704. The number of fused-ring (bicyclic) bond motifs is 12. The van der Waals surface area contributed by atoms with Crippen molar-refractivity contribution in [1.29, 1.82) is 0 Å². The average molecular weight is 694 g/mol. The highest BCUT2D eigenvalue weighted by Crippen LogP contribution is 2.45. The molecule has 0 saturated carbocycles. The molecule has 8 aromatic carbocycles. The fraction of sp³-hybridized carbons (Fsp3) is 0. The van der Waals surface area contributed by atoms with Crippen molar-refractivity contribution in [2.24, 2.45) is 0 Å². The van der Waals surface area contributed by atoms with E-state index in [2.05, 4.69) is 168 Å². The second-order valence-corrected chi connectivity index (χ2v) is 14.8. The summed E-state index contributed by atoms with van der Waals surface area (Å²) in [6.45, 7) is 0. The normalized spacial score (nSPS) is 12.2. The van der Waals surface area contributed by atoms with Gasteiger partial charge in [-0.3, -0.25) is 0 Å². The molecule has 0 fully saturated rings. The van der Waals surface area contributed by atoms with Crippen molar-refractivity contribution in [3.63, 3.8) is 0 Å². The molecule has 0 atom stereocenters. The molecule has 0 aliphatic rings. The van der Waals surface area contributed by atoms with Crippen molar-refractivity contribution >= 4 is 96.9 Å². The first-order valence-electron chi connectivity index (χ1n) is 17.8. The Morgan fingerprint density at radius 1 is 0.472 bits per heavy atom. The molecule has 4 heterocycles. The topological polar surface area (TPSA) is 43.9 Å². The summed E-state index contributed by atoms with van der Waals surface area (Å²) in [5, 5.41) is 10.2. The van der Waals surface area contributed by atoms with Gasteiger partial charge in [0.25, 0.3) is 0 Å². The Balaban J connectivity index is 1.16. The van der Waals surface area contributed by atoms with Gasteiger partial charge in [0, 0.05) is 48.1 Å². The highest BCUT2D eigenvalue weighted by atomic mass is 32.1. The Hall–Kier alpha value is -6.82. The van der Waals surface area contributed by atoms with E-state index in [-0.39, 0.29) is 0 Å². The van der Waals surface area contributed by atoms with Crippen LogP contribution >= 0.6 is 11.3 Å². The Morgan fingerprint density at radius 3 is 1.92 bits per heavy atom. The van der Waals surface area contributed by atoms with Gasteiger partial charge in [0.15, 0.2) is 11.4 Å². The zero-order valence-corrected chi connectivity index (χ0v) is 29.1. The SMILES string of the molecule is c1ccc2cc(-c3nc(-c4cc5c6cccc(-n7c8ccccc8c8ccccc87)c6oc5c5ccccc45)nc4c3sc3ccccc34)ccc2c1. The van der Waals surface area contributed by atoms with Crippen LogP contribution in [0.4, 0.5) is 0 Å². The summed E-state index contributed by atoms with van der Waals surface area (Å²) in [6.07, 6.45) is 0. The van der Waals surface area contributed by atoms with Gasteiger partial charge in [-0.1, -0.05) is 127 Å². The first-order valence-corrected chi connectivity index (χ1v) is 18.6. The highest BCUT2D eigenvalue weighted by Gasteiger charge is 2.22. The van der Waals surface area contributed by atoms with Gasteiger partial charge >= 0.3 is 0 Å². The van der Waals surface area contributed by atoms with Crippen LogP contribution < -0.4 is 0 Å². The summed E-state index contributed by atoms with van der Waals surface area (Å²) < 4.78 is 11.6. The number of nitrogens with zero attached hydrogens (tertiary/aromatic N) is 3. The van der Waals surface area contributed by atoms with Crippen LogP contribution in [0.1, 0.15) is 0 Å². The van der Waals surface area contributed by atoms with E-state index in [0.29, 0.717) is 5.82 Å². The largest absolute Gasteiger partial charge is 0.453 e. The predicted octanol–water partition coefficient (Wildman–Crippen LogP) is 13.5. The molecule has 5 heteroatoms. The summed E-state index contributed by atoms with van der Waals surface area (Å²) in [4.78, 5) is 10.9. The summed E-state index contributed by atoms with van der Waals surface area (Å²) in [6, 6.07) is 58.2. The Bertz CT molecular complexity index is 3420. The van der Waals surface area contributed by atoms with E-state index in [1.807, 2.05) is 0 Å². The second-order valence-electron chi connectivity index (χ2n) is 13.7. The number of furan rings is 1. The number of hydrogen-bond donors (Lipinski definition) is 0. The van der Waals surface area contributed by atoms with Crippen molar-refractivity contribution in [2.45, 2.75) is 0 Å². The van der Waals surface area contributed by atoms with Crippen LogP contribution in [-0.4, -0.2) is 14.5 Å². The third-order valence-electron chi connectivity index (χ3n) is 10.8. The van der Waals surface area contributed by atoms with E-state index in [4.69, 9.17) is 14.4 Å². The molecule has 0 aliphatic carbocycles. The lowest BCUT2D eigenvalue weighted by molar-refractivity contribution is 0.670. The number of rotatable bonds is 3. The van der Waals surface area contributed by atoms with E-state index >= 15 is 0 Å². The van der Waals surface area contributed by atoms with Crippen LogP contribution in [0, 0.1) is 0 Å². The maximum Gasteiger partial charge on any atom is 0.161 e. The molecule has 0 amide bonds. The van der Waals surface area contributed by atoms with Crippen molar-refractivity contribution in [3.05, 3.63) is 164 Å². The van der Waals surface area contributed by atoms with Gasteiger partial charge in [0.1, 0.15) is 5.58 Å². The molecule has 246 valence electrons. The summed E-state index contributed by atoms with van der Waals surface area (Å²) in [5.74, 6) is 0.704. The average Bonchev–Trinajstić information content (AvgIpc) is 3.90. The Kier molecular flexibility index (Phi) is 5.90. The number of para-hydroxylation sites is 3. The van der Waals surface area contributed by atoms with E-state index in [9.17, 15) is 0 Å². The highest BCUT2D eigenvalue weighted by molar-refractivity contribution is 7.26. The molecule has 0 N–H and O–H groups in total. The van der Waals surface area contributed by atoms with Gasteiger partial charge in [0.05, 0.1) is 32.6 Å². The lowest BCUT2D eigenvalue weighted by atomic mass is 9.99. The molecule has 12 aromatic rings. The molecule has 4 aromatic heterocycles. The van der Waals surface area contributed by atoms with Crippen molar-refractivity contribution in [2.75, 3.05) is 0 Å².